The average molecular weight is 376 g/mol. The fraction of sp³-hybridized carbons (Fsp3) is 0. The zero-order chi connectivity index (χ0) is 17.8. The lowest BCUT2D eigenvalue weighted by Gasteiger charge is -2.09. The largest absolute Gasteiger partial charge is 0.355 e. The molecule has 0 saturated carbocycles. The second-order valence-corrected chi connectivity index (χ2v) is 5.99. The molecule has 2 N–H and O–H groups in total. The molecule has 0 radical (unpaired) electrons. The summed E-state index contributed by atoms with van der Waals surface area (Å²) in [6, 6.07) is 14.3. The van der Waals surface area contributed by atoms with Crippen LogP contribution >= 0.6 is 23.2 Å². The van der Waals surface area contributed by atoms with E-state index in [9.17, 15) is 9.18 Å². The highest BCUT2D eigenvalue weighted by molar-refractivity contribution is 6.31. The van der Waals surface area contributed by atoms with Gasteiger partial charge in [-0.15, -0.1) is 0 Å². The van der Waals surface area contributed by atoms with Crippen molar-refractivity contribution in [2.75, 3.05) is 10.6 Å². The normalized spacial score (nSPS) is 10.4. The zero-order valence-electron chi connectivity index (χ0n) is 12.8. The third kappa shape index (κ3) is 4.47. The van der Waals surface area contributed by atoms with Crippen LogP contribution in [0.4, 0.5) is 21.5 Å². The number of amides is 1. The molecule has 1 amide bonds. The highest BCUT2D eigenvalue weighted by atomic mass is 35.5. The Hall–Kier alpha value is -2.63. The quantitative estimate of drug-likeness (QED) is 0.630. The van der Waals surface area contributed by atoms with Gasteiger partial charge in [-0.25, -0.2) is 4.39 Å². The van der Waals surface area contributed by atoms with Crippen molar-refractivity contribution in [3.63, 3.8) is 0 Å². The first-order valence-corrected chi connectivity index (χ1v) is 8.02. The lowest BCUT2D eigenvalue weighted by atomic mass is 10.2. The van der Waals surface area contributed by atoms with Crippen LogP contribution in [0.2, 0.25) is 10.0 Å². The summed E-state index contributed by atoms with van der Waals surface area (Å²) in [6.07, 6.45) is 1.50. The molecule has 126 valence electrons. The minimum absolute atomic E-state index is 0.0137. The Bertz CT molecular complexity index is 916. The summed E-state index contributed by atoms with van der Waals surface area (Å²) in [4.78, 5) is 16.4. The number of aromatic nitrogens is 1. The third-order valence-electron chi connectivity index (χ3n) is 3.30. The fourth-order valence-electron chi connectivity index (χ4n) is 2.10. The SMILES string of the molecule is O=C(Nc1ccc(Cl)cc1)c1cc(Nc2ccc(F)c(Cl)c2)ccn1. The fourth-order valence-corrected chi connectivity index (χ4v) is 2.41. The molecular formula is C18H12Cl2FN3O. The van der Waals surface area contributed by atoms with Gasteiger partial charge >= 0.3 is 0 Å². The lowest BCUT2D eigenvalue weighted by Crippen LogP contribution is -2.13. The van der Waals surface area contributed by atoms with E-state index in [1.807, 2.05) is 0 Å². The van der Waals surface area contributed by atoms with Gasteiger partial charge in [-0.1, -0.05) is 23.2 Å². The number of halogens is 3. The van der Waals surface area contributed by atoms with Crippen molar-refractivity contribution in [1.82, 2.24) is 4.98 Å². The van der Waals surface area contributed by atoms with Crippen LogP contribution in [0.15, 0.2) is 60.8 Å². The Morgan fingerprint density at radius 3 is 2.32 bits per heavy atom. The molecule has 1 heterocycles. The van der Waals surface area contributed by atoms with Crippen molar-refractivity contribution in [3.05, 3.63) is 82.4 Å². The lowest BCUT2D eigenvalue weighted by molar-refractivity contribution is 0.102. The maximum atomic E-state index is 13.2. The topological polar surface area (TPSA) is 54.0 Å². The van der Waals surface area contributed by atoms with Crippen LogP contribution in [0.1, 0.15) is 10.5 Å². The number of benzene rings is 2. The first-order valence-electron chi connectivity index (χ1n) is 7.26. The van der Waals surface area contributed by atoms with Crippen LogP contribution in [0.3, 0.4) is 0 Å². The predicted octanol–water partition coefficient (Wildman–Crippen LogP) is 5.52. The van der Waals surface area contributed by atoms with Crippen LogP contribution in [0.25, 0.3) is 0 Å². The number of rotatable bonds is 4. The van der Waals surface area contributed by atoms with E-state index >= 15 is 0 Å². The highest BCUT2D eigenvalue weighted by Gasteiger charge is 2.09. The minimum Gasteiger partial charge on any atom is -0.355 e. The number of carbonyl (C=O) groups is 1. The second kappa shape index (κ2) is 7.51. The van der Waals surface area contributed by atoms with Gasteiger partial charge in [0.05, 0.1) is 5.02 Å². The van der Waals surface area contributed by atoms with Gasteiger partial charge in [-0.05, 0) is 54.6 Å². The van der Waals surface area contributed by atoms with Crippen LogP contribution < -0.4 is 10.6 Å². The third-order valence-corrected chi connectivity index (χ3v) is 3.84. The Morgan fingerprint density at radius 1 is 0.920 bits per heavy atom. The maximum Gasteiger partial charge on any atom is 0.274 e. The number of nitrogens with zero attached hydrogens (tertiary/aromatic N) is 1. The van der Waals surface area contributed by atoms with E-state index in [1.54, 1.807) is 42.5 Å². The molecule has 0 fully saturated rings. The van der Waals surface area contributed by atoms with E-state index in [0.29, 0.717) is 22.1 Å². The number of hydrogen-bond acceptors (Lipinski definition) is 3. The van der Waals surface area contributed by atoms with Gasteiger partial charge in [0.15, 0.2) is 0 Å². The predicted molar refractivity (Wildman–Crippen MR) is 98.3 cm³/mol. The Labute approximate surface area is 153 Å². The van der Waals surface area contributed by atoms with Crippen molar-refractivity contribution < 1.29 is 9.18 Å². The van der Waals surface area contributed by atoms with Gasteiger partial charge in [0.2, 0.25) is 0 Å². The van der Waals surface area contributed by atoms with E-state index in [1.165, 1.54) is 18.3 Å². The summed E-state index contributed by atoms with van der Waals surface area (Å²) < 4.78 is 13.2. The standard InChI is InChI=1S/C18H12Cl2FN3O/c19-11-1-3-12(4-2-11)24-18(25)17-10-14(7-8-22-17)23-13-5-6-16(21)15(20)9-13/h1-10H,(H,22,23)(H,24,25). The molecule has 0 aliphatic heterocycles. The first-order chi connectivity index (χ1) is 12.0. The minimum atomic E-state index is -0.495. The molecule has 7 heteroatoms. The van der Waals surface area contributed by atoms with Crippen molar-refractivity contribution in [2.24, 2.45) is 0 Å². The summed E-state index contributed by atoms with van der Waals surface area (Å²) in [5.41, 5.74) is 2.06. The van der Waals surface area contributed by atoms with Crippen LogP contribution in [-0.4, -0.2) is 10.9 Å². The number of nitrogens with one attached hydrogen (secondary N) is 2. The molecule has 0 aliphatic rings. The molecule has 0 bridgehead atoms. The van der Waals surface area contributed by atoms with Crippen molar-refractivity contribution >= 4 is 46.2 Å². The molecule has 3 aromatic rings. The van der Waals surface area contributed by atoms with E-state index < -0.39 is 5.82 Å². The summed E-state index contributed by atoms with van der Waals surface area (Å²) in [7, 11) is 0. The van der Waals surface area contributed by atoms with Gasteiger partial charge in [0.25, 0.3) is 5.91 Å². The van der Waals surface area contributed by atoms with E-state index in [4.69, 9.17) is 23.2 Å². The van der Waals surface area contributed by atoms with Crippen molar-refractivity contribution in [2.45, 2.75) is 0 Å². The number of carbonyl (C=O) groups excluding carboxylic acids is 1. The molecule has 0 atom stereocenters. The molecular weight excluding hydrogens is 364 g/mol. The molecule has 2 aromatic carbocycles. The molecule has 0 spiro atoms. The maximum absolute atomic E-state index is 13.2. The van der Waals surface area contributed by atoms with Gasteiger partial charge < -0.3 is 10.6 Å². The average Bonchev–Trinajstić information content (AvgIpc) is 2.60. The second-order valence-electron chi connectivity index (χ2n) is 5.14. The van der Waals surface area contributed by atoms with E-state index in [-0.39, 0.29) is 16.6 Å². The van der Waals surface area contributed by atoms with Gasteiger partial charge in [-0.2, -0.15) is 0 Å². The summed E-state index contributed by atoms with van der Waals surface area (Å²) in [6.45, 7) is 0. The molecule has 0 saturated heterocycles. The monoisotopic (exact) mass is 375 g/mol. The molecule has 1 aromatic heterocycles. The van der Waals surface area contributed by atoms with Gasteiger partial charge in [0, 0.05) is 28.3 Å². The summed E-state index contributed by atoms with van der Waals surface area (Å²) in [5.74, 6) is -0.854. The highest BCUT2D eigenvalue weighted by Crippen LogP contribution is 2.23. The van der Waals surface area contributed by atoms with Crippen LogP contribution in [0, 0.1) is 5.82 Å². The Kier molecular flexibility index (Phi) is 5.16. The molecule has 3 rings (SSSR count). The number of pyridine rings is 1. The van der Waals surface area contributed by atoms with Gasteiger partial charge in [0.1, 0.15) is 11.5 Å². The number of hydrogen-bond donors (Lipinski definition) is 2. The zero-order valence-corrected chi connectivity index (χ0v) is 14.3. The van der Waals surface area contributed by atoms with Crippen molar-refractivity contribution in [3.8, 4) is 0 Å². The smallest absolute Gasteiger partial charge is 0.274 e. The first kappa shape index (κ1) is 17.2. The summed E-state index contributed by atoms with van der Waals surface area (Å²) in [5, 5.41) is 6.38. The molecule has 0 unspecified atom stereocenters. The molecule has 0 aliphatic carbocycles. The summed E-state index contributed by atoms with van der Waals surface area (Å²) >= 11 is 11.6. The van der Waals surface area contributed by atoms with Gasteiger partial charge in [-0.3, -0.25) is 9.78 Å². The van der Waals surface area contributed by atoms with E-state index in [2.05, 4.69) is 15.6 Å². The Balaban J connectivity index is 1.75. The molecule has 4 nitrogen and oxygen atoms in total. The number of anilines is 3. The van der Waals surface area contributed by atoms with Crippen LogP contribution in [-0.2, 0) is 0 Å². The van der Waals surface area contributed by atoms with Crippen molar-refractivity contribution in [1.29, 1.82) is 0 Å². The van der Waals surface area contributed by atoms with E-state index in [0.717, 1.165) is 0 Å². The molecule has 25 heavy (non-hydrogen) atoms. The van der Waals surface area contributed by atoms with Crippen LogP contribution in [0.5, 0.6) is 0 Å². The Morgan fingerprint density at radius 2 is 1.60 bits per heavy atom.